The maximum atomic E-state index is 5.69. The SMILES string of the molecule is Cc1cccc2c1COC2(C)C. The van der Waals surface area contributed by atoms with Gasteiger partial charge >= 0.3 is 0 Å². The third-order valence-electron chi connectivity index (χ3n) is 2.64. The van der Waals surface area contributed by atoms with Gasteiger partial charge in [-0.2, -0.15) is 0 Å². The minimum atomic E-state index is -0.0820. The average molecular weight is 162 g/mol. The molecular formula is C11H14O. The number of hydrogen-bond donors (Lipinski definition) is 0. The van der Waals surface area contributed by atoms with E-state index in [0.717, 1.165) is 6.61 Å². The van der Waals surface area contributed by atoms with Gasteiger partial charge in [0.2, 0.25) is 0 Å². The molecule has 0 N–H and O–H groups in total. The number of aryl methyl sites for hydroxylation is 1. The summed E-state index contributed by atoms with van der Waals surface area (Å²) < 4.78 is 5.69. The van der Waals surface area contributed by atoms with Crippen LogP contribution in [0.2, 0.25) is 0 Å². The molecule has 0 saturated carbocycles. The van der Waals surface area contributed by atoms with E-state index in [9.17, 15) is 0 Å². The lowest BCUT2D eigenvalue weighted by Gasteiger charge is -2.18. The molecule has 1 nitrogen and oxygen atoms in total. The van der Waals surface area contributed by atoms with Crippen LogP contribution < -0.4 is 0 Å². The van der Waals surface area contributed by atoms with Crippen molar-refractivity contribution in [2.45, 2.75) is 33.0 Å². The van der Waals surface area contributed by atoms with Crippen LogP contribution in [-0.4, -0.2) is 0 Å². The first-order chi connectivity index (χ1) is 5.61. The zero-order valence-electron chi connectivity index (χ0n) is 7.85. The first kappa shape index (κ1) is 7.81. The maximum Gasteiger partial charge on any atom is 0.0883 e. The van der Waals surface area contributed by atoms with E-state index in [1.807, 2.05) is 0 Å². The summed E-state index contributed by atoms with van der Waals surface area (Å²) in [6.07, 6.45) is 0. The Hall–Kier alpha value is -0.820. The second-order valence-corrected chi connectivity index (χ2v) is 3.90. The van der Waals surface area contributed by atoms with E-state index >= 15 is 0 Å². The van der Waals surface area contributed by atoms with Crippen molar-refractivity contribution in [1.29, 1.82) is 0 Å². The highest BCUT2D eigenvalue weighted by molar-refractivity contribution is 5.39. The topological polar surface area (TPSA) is 9.23 Å². The predicted octanol–water partition coefficient (Wildman–Crippen LogP) is 2.76. The highest BCUT2D eigenvalue weighted by atomic mass is 16.5. The standard InChI is InChI=1S/C11H14O/c1-8-5-4-6-10-9(8)7-12-11(10,2)3/h4-6H,7H2,1-3H3. The lowest BCUT2D eigenvalue weighted by Crippen LogP contribution is -2.14. The minimum absolute atomic E-state index is 0.0820. The fourth-order valence-corrected chi connectivity index (χ4v) is 1.79. The number of benzene rings is 1. The quantitative estimate of drug-likeness (QED) is 0.570. The van der Waals surface area contributed by atoms with Crippen molar-refractivity contribution in [3.8, 4) is 0 Å². The van der Waals surface area contributed by atoms with Gasteiger partial charge in [0.15, 0.2) is 0 Å². The van der Waals surface area contributed by atoms with Gasteiger partial charge in [-0.1, -0.05) is 18.2 Å². The molecule has 0 unspecified atom stereocenters. The Labute approximate surface area is 73.4 Å². The highest BCUT2D eigenvalue weighted by Gasteiger charge is 2.30. The van der Waals surface area contributed by atoms with Crippen molar-refractivity contribution in [2.24, 2.45) is 0 Å². The summed E-state index contributed by atoms with van der Waals surface area (Å²) in [5.41, 5.74) is 3.99. The van der Waals surface area contributed by atoms with Crippen LogP contribution >= 0.6 is 0 Å². The minimum Gasteiger partial charge on any atom is -0.366 e. The monoisotopic (exact) mass is 162 g/mol. The Kier molecular flexibility index (Phi) is 1.52. The lowest BCUT2D eigenvalue weighted by atomic mass is 9.94. The van der Waals surface area contributed by atoms with Crippen LogP contribution in [-0.2, 0) is 16.9 Å². The van der Waals surface area contributed by atoms with Crippen LogP contribution in [0, 0.1) is 6.92 Å². The van der Waals surface area contributed by atoms with Crippen molar-refractivity contribution in [3.05, 3.63) is 34.9 Å². The average Bonchev–Trinajstić information content (AvgIpc) is 2.30. The van der Waals surface area contributed by atoms with Crippen molar-refractivity contribution < 1.29 is 4.74 Å². The van der Waals surface area contributed by atoms with E-state index < -0.39 is 0 Å². The van der Waals surface area contributed by atoms with Crippen molar-refractivity contribution in [3.63, 3.8) is 0 Å². The van der Waals surface area contributed by atoms with E-state index in [4.69, 9.17) is 4.74 Å². The Bertz CT molecular complexity index is 313. The molecule has 0 spiro atoms. The highest BCUT2D eigenvalue weighted by Crippen LogP contribution is 2.36. The number of ether oxygens (including phenoxy) is 1. The molecule has 1 aliphatic heterocycles. The van der Waals surface area contributed by atoms with E-state index in [2.05, 4.69) is 39.0 Å². The van der Waals surface area contributed by atoms with Gasteiger partial charge in [-0.25, -0.2) is 0 Å². The third-order valence-corrected chi connectivity index (χ3v) is 2.64. The van der Waals surface area contributed by atoms with E-state index in [1.165, 1.54) is 16.7 Å². The first-order valence-corrected chi connectivity index (χ1v) is 4.34. The molecule has 0 fully saturated rings. The fourth-order valence-electron chi connectivity index (χ4n) is 1.79. The number of fused-ring (bicyclic) bond motifs is 1. The van der Waals surface area contributed by atoms with Crippen molar-refractivity contribution >= 4 is 0 Å². The molecule has 0 radical (unpaired) electrons. The van der Waals surface area contributed by atoms with Crippen LogP contribution in [0.25, 0.3) is 0 Å². The first-order valence-electron chi connectivity index (χ1n) is 4.34. The van der Waals surface area contributed by atoms with Crippen molar-refractivity contribution in [2.75, 3.05) is 0 Å². The Morgan fingerprint density at radius 1 is 1.33 bits per heavy atom. The molecule has 0 saturated heterocycles. The number of hydrogen-bond acceptors (Lipinski definition) is 1. The zero-order valence-corrected chi connectivity index (χ0v) is 7.85. The Morgan fingerprint density at radius 3 is 2.75 bits per heavy atom. The number of rotatable bonds is 0. The molecule has 0 bridgehead atoms. The van der Waals surface area contributed by atoms with Gasteiger partial charge in [0, 0.05) is 0 Å². The van der Waals surface area contributed by atoms with Crippen LogP contribution in [0.15, 0.2) is 18.2 Å². The van der Waals surface area contributed by atoms with Gasteiger partial charge in [-0.05, 0) is 37.5 Å². The summed E-state index contributed by atoms with van der Waals surface area (Å²) in [6.45, 7) is 7.16. The fraction of sp³-hybridized carbons (Fsp3) is 0.455. The van der Waals surface area contributed by atoms with Gasteiger partial charge in [0.25, 0.3) is 0 Å². The molecule has 0 atom stereocenters. The smallest absolute Gasteiger partial charge is 0.0883 e. The summed E-state index contributed by atoms with van der Waals surface area (Å²) in [5, 5.41) is 0. The molecule has 2 rings (SSSR count). The Balaban J connectivity index is 2.61. The van der Waals surface area contributed by atoms with Gasteiger partial charge < -0.3 is 4.74 Å². The summed E-state index contributed by atoms with van der Waals surface area (Å²) in [7, 11) is 0. The largest absolute Gasteiger partial charge is 0.366 e. The summed E-state index contributed by atoms with van der Waals surface area (Å²) in [5.74, 6) is 0. The maximum absolute atomic E-state index is 5.69. The predicted molar refractivity (Wildman–Crippen MR) is 49.0 cm³/mol. The van der Waals surface area contributed by atoms with Crippen LogP contribution in [0.3, 0.4) is 0 Å². The molecule has 1 heterocycles. The molecule has 1 aromatic carbocycles. The van der Waals surface area contributed by atoms with E-state index in [1.54, 1.807) is 0 Å². The molecule has 12 heavy (non-hydrogen) atoms. The van der Waals surface area contributed by atoms with Crippen LogP contribution in [0.4, 0.5) is 0 Å². The van der Waals surface area contributed by atoms with Crippen LogP contribution in [0.1, 0.15) is 30.5 Å². The molecule has 64 valence electrons. The van der Waals surface area contributed by atoms with Crippen LogP contribution in [0.5, 0.6) is 0 Å². The molecule has 0 amide bonds. The lowest BCUT2D eigenvalue weighted by molar-refractivity contribution is -0.00795. The Morgan fingerprint density at radius 2 is 2.08 bits per heavy atom. The van der Waals surface area contributed by atoms with E-state index in [-0.39, 0.29) is 5.60 Å². The van der Waals surface area contributed by atoms with Gasteiger partial charge in [-0.15, -0.1) is 0 Å². The summed E-state index contributed by atoms with van der Waals surface area (Å²) >= 11 is 0. The summed E-state index contributed by atoms with van der Waals surface area (Å²) in [4.78, 5) is 0. The van der Waals surface area contributed by atoms with E-state index in [0.29, 0.717) is 0 Å². The molecule has 1 heteroatoms. The second kappa shape index (κ2) is 2.33. The third kappa shape index (κ3) is 0.969. The van der Waals surface area contributed by atoms with Crippen molar-refractivity contribution in [1.82, 2.24) is 0 Å². The van der Waals surface area contributed by atoms with Gasteiger partial charge in [0.1, 0.15) is 0 Å². The zero-order chi connectivity index (χ0) is 8.77. The second-order valence-electron chi connectivity index (χ2n) is 3.90. The van der Waals surface area contributed by atoms with Gasteiger partial charge in [-0.3, -0.25) is 0 Å². The van der Waals surface area contributed by atoms with Gasteiger partial charge in [0.05, 0.1) is 12.2 Å². The molecule has 1 aliphatic rings. The molecule has 1 aromatic rings. The molecule has 0 aromatic heterocycles. The molecule has 0 aliphatic carbocycles. The summed E-state index contributed by atoms with van der Waals surface area (Å²) in [6, 6.07) is 6.41. The normalized spacial score (nSPS) is 19.2. The molecular weight excluding hydrogens is 148 g/mol.